The Morgan fingerprint density at radius 3 is 3.00 bits per heavy atom. The van der Waals surface area contributed by atoms with Crippen LogP contribution in [0.5, 0.6) is 0 Å². The lowest BCUT2D eigenvalue weighted by molar-refractivity contribution is 0.310. The average Bonchev–Trinajstić information content (AvgIpc) is 3.24. The van der Waals surface area contributed by atoms with Gasteiger partial charge >= 0.3 is 0 Å². The van der Waals surface area contributed by atoms with Crippen molar-refractivity contribution in [1.82, 2.24) is 29.2 Å². The largest absolute Gasteiger partial charge is 0.395 e. The Bertz CT molecular complexity index is 938. The number of aliphatic hydroxyl groups is 1. The molecule has 3 aromatic heterocycles. The van der Waals surface area contributed by atoms with Crippen LogP contribution in [-0.2, 0) is 13.6 Å². The van der Waals surface area contributed by atoms with Crippen LogP contribution in [0.1, 0.15) is 30.5 Å². The van der Waals surface area contributed by atoms with Gasteiger partial charge in [-0.15, -0.1) is 0 Å². The number of rotatable bonds is 6. The Labute approximate surface area is 136 Å². The molecular formula is C14H17N7O3. The molecule has 126 valence electrons. The van der Waals surface area contributed by atoms with Gasteiger partial charge in [0, 0.05) is 19.5 Å². The van der Waals surface area contributed by atoms with Crippen LogP contribution in [0.25, 0.3) is 11.2 Å². The molecule has 0 unspecified atom stereocenters. The first-order valence-corrected chi connectivity index (χ1v) is 7.76. The number of aromatic nitrogens is 6. The average molecular weight is 331 g/mol. The van der Waals surface area contributed by atoms with Crippen molar-refractivity contribution in [3.63, 3.8) is 0 Å². The molecule has 1 saturated carbocycles. The molecule has 0 radical (unpaired) electrons. The van der Waals surface area contributed by atoms with Crippen LogP contribution < -0.4 is 10.9 Å². The van der Waals surface area contributed by atoms with Gasteiger partial charge in [-0.05, 0) is 12.8 Å². The molecule has 2 N–H and O–H groups in total. The molecule has 0 aliphatic heterocycles. The maximum absolute atomic E-state index is 12.7. The Morgan fingerprint density at radius 2 is 2.25 bits per heavy atom. The van der Waals surface area contributed by atoms with Gasteiger partial charge in [-0.25, -0.2) is 4.98 Å². The molecule has 3 heterocycles. The minimum Gasteiger partial charge on any atom is -0.395 e. The van der Waals surface area contributed by atoms with Gasteiger partial charge in [0.05, 0.1) is 6.61 Å². The van der Waals surface area contributed by atoms with Crippen molar-refractivity contribution in [3.8, 4) is 0 Å². The number of aryl methyl sites for hydroxylation is 1. The maximum Gasteiger partial charge on any atom is 0.280 e. The van der Waals surface area contributed by atoms with Crippen LogP contribution in [0.15, 0.2) is 15.6 Å². The van der Waals surface area contributed by atoms with Gasteiger partial charge in [-0.3, -0.25) is 9.36 Å². The molecule has 0 saturated heterocycles. The van der Waals surface area contributed by atoms with Crippen molar-refractivity contribution in [1.29, 1.82) is 0 Å². The smallest absolute Gasteiger partial charge is 0.280 e. The third-order valence-corrected chi connectivity index (χ3v) is 3.99. The molecular weight excluding hydrogens is 314 g/mol. The first kappa shape index (κ1) is 14.8. The lowest BCUT2D eigenvalue weighted by atomic mass is 10.4. The monoisotopic (exact) mass is 331 g/mol. The first-order chi connectivity index (χ1) is 11.7. The van der Waals surface area contributed by atoms with Crippen molar-refractivity contribution < 1.29 is 9.63 Å². The second-order valence-electron chi connectivity index (χ2n) is 5.82. The fraction of sp³-hybridized carbons (Fsp3) is 0.500. The van der Waals surface area contributed by atoms with E-state index in [1.165, 1.54) is 10.9 Å². The van der Waals surface area contributed by atoms with Crippen molar-refractivity contribution in [2.24, 2.45) is 7.05 Å². The summed E-state index contributed by atoms with van der Waals surface area (Å²) in [7, 11) is 1.72. The lowest BCUT2D eigenvalue weighted by Gasteiger charge is -2.04. The molecule has 0 spiro atoms. The van der Waals surface area contributed by atoms with E-state index in [9.17, 15) is 4.79 Å². The molecule has 1 aliphatic carbocycles. The zero-order chi connectivity index (χ0) is 16.7. The summed E-state index contributed by atoms with van der Waals surface area (Å²) in [5, 5.41) is 15.8. The van der Waals surface area contributed by atoms with Crippen LogP contribution in [-0.4, -0.2) is 47.5 Å². The van der Waals surface area contributed by atoms with Crippen LogP contribution >= 0.6 is 0 Å². The van der Waals surface area contributed by atoms with Gasteiger partial charge in [0.25, 0.3) is 5.56 Å². The number of hydrogen-bond donors (Lipinski definition) is 2. The fourth-order valence-electron chi connectivity index (χ4n) is 2.55. The normalized spacial score (nSPS) is 14.4. The first-order valence-electron chi connectivity index (χ1n) is 7.76. The molecule has 1 fully saturated rings. The van der Waals surface area contributed by atoms with Gasteiger partial charge in [0.2, 0.25) is 11.8 Å². The summed E-state index contributed by atoms with van der Waals surface area (Å²) in [4.78, 5) is 25.5. The Kier molecular flexibility index (Phi) is 3.53. The van der Waals surface area contributed by atoms with E-state index in [1.54, 1.807) is 11.6 Å². The summed E-state index contributed by atoms with van der Waals surface area (Å²) in [6.07, 6.45) is 3.60. The van der Waals surface area contributed by atoms with Crippen LogP contribution in [0.3, 0.4) is 0 Å². The van der Waals surface area contributed by atoms with E-state index in [4.69, 9.17) is 9.63 Å². The molecule has 4 rings (SSSR count). The summed E-state index contributed by atoms with van der Waals surface area (Å²) in [5.41, 5.74) is 0.487. The highest BCUT2D eigenvalue weighted by molar-refractivity contribution is 5.73. The predicted molar refractivity (Wildman–Crippen MR) is 83.7 cm³/mol. The minimum atomic E-state index is -0.238. The fourth-order valence-corrected chi connectivity index (χ4v) is 2.55. The molecule has 10 nitrogen and oxygen atoms in total. The number of fused-ring (bicyclic) bond motifs is 1. The molecule has 3 aromatic rings. The highest BCUT2D eigenvalue weighted by Gasteiger charge is 2.28. The zero-order valence-corrected chi connectivity index (χ0v) is 13.1. The Hall–Kier alpha value is -2.75. The molecule has 0 atom stereocenters. The molecule has 24 heavy (non-hydrogen) atoms. The number of nitrogens with one attached hydrogen (secondary N) is 1. The van der Waals surface area contributed by atoms with E-state index < -0.39 is 0 Å². The van der Waals surface area contributed by atoms with E-state index >= 15 is 0 Å². The topological polar surface area (TPSA) is 124 Å². The van der Waals surface area contributed by atoms with Crippen molar-refractivity contribution >= 4 is 17.1 Å². The van der Waals surface area contributed by atoms with Crippen LogP contribution in [0.2, 0.25) is 0 Å². The minimum absolute atomic E-state index is 0.0264. The highest BCUT2D eigenvalue weighted by atomic mass is 16.5. The SMILES string of the molecule is Cn1c(NCCO)nc2ncn(Cc3nc(C4CC4)no3)c(=O)c21. The van der Waals surface area contributed by atoms with Gasteiger partial charge in [-0.1, -0.05) is 5.16 Å². The Balaban J connectivity index is 1.66. The number of nitrogens with zero attached hydrogens (tertiary/aromatic N) is 6. The van der Waals surface area contributed by atoms with Crippen molar-refractivity contribution in [3.05, 3.63) is 28.4 Å². The summed E-state index contributed by atoms with van der Waals surface area (Å²) in [5.74, 6) is 1.98. The standard InChI is InChI=1S/C14H17N7O3/c1-20-10-12(18-14(20)15-4-5-22)16-7-21(13(10)23)6-9-17-11(19-24-9)8-2-3-8/h7-8,22H,2-6H2,1H3,(H,15,18). The van der Waals surface area contributed by atoms with Gasteiger partial charge in [-0.2, -0.15) is 9.97 Å². The van der Waals surface area contributed by atoms with Gasteiger partial charge < -0.3 is 19.5 Å². The van der Waals surface area contributed by atoms with E-state index in [0.717, 1.165) is 12.8 Å². The number of anilines is 1. The highest BCUT2D eigenvalue weighted by Crippen LogP contribution is 2.38. The van der Waals surface area contributed by atoms with Crippen LogP contribution in [0.4, 0.5) is 5.95 Å². The van der Waals surface area contributed by atoms with E-state index in [2.05, 4.69) is 25.4 Å². The number of hydrogen-bond acceptors (Lipinski definition) is 8. The second-order valence-corrected chi connectivity index (χ2v) is 5.82. The van der Waals surface area contributed by atoms with E-state index in [0.29, 0.717) is 41.3 Å². The van der Waals surface area contributed by atoms with Gasteiger partial charge in [0.15, 0.2) is 17.0 Å². The molecule has 0 amide bonds. The third-order valence-electron chi connectivity index (χ3n) is 3.99. The van der Waals surface area contributed by atoms with Crippen LogP contribution in [0, 0.1) is 0 Å². The number of aliphatic hydroxyl groups excluding tert-OH is 1. The quantitative estimate of drug-likeness (QED) is 0.639. The van der Waals surface area contributed by atoms with E-state index in [-0.39, 0.29) is 18.7 Å². The maximum atomic E-state index is 12.7. The summed E-state index contributed by atoms with van der Waals surface area (Å²) in [6, 6.07) is 0. The molecule has 0 aromatic carbocycles. The summed E-state index contributed by atoms with van der Waals surface area (Å²) in [6.45, 7) is 0.491. The molecule has 1 aliphatic rings. The summed E-state index contributed by atoms with van der Waals surface area (Å²) < 4.78 is 8.26. The van der Waals surface area contributed by atoms with Gasteiger partial charge in [0.1, 0.15) is 12.9 Å². The lowest BCUT2D eigenvalue weighted by Crippen LogP contribution is -2.23. The second kappa shape index (κ2) is 5.71. The zero-order valence-electron chi connectivity index (χ0n) is 13.1. The third kappa shape index (κ3) is 2.54. The van der Waals surface area contributed by atoms with Crippen molar-refractivity contribution in [2.75, 3.05) is 18.5 Å². The van der Waals surface area contributed by atoms with E-state index in [1.807, 2.05) is 0 Å². The summed E-state index contributed by atoms with van der Waals surface area (Å²) >= 11 is 0. The number of imidazole rings is 1. The molecule has 10 heteroatoms. The predicted octanol–water partition coefficient (Wildman–Crippen LogP) is -0.157. The van der Waals surface area contributed by atoms with Crippen molar-refractivity contribution in [2.45, 2.75) is 25.3 Å². The molecule has 0 bridgehead atoms. The Morgan fingerprint density at radius 1 is 1.42 bits per heavy atom.